The minimum Gasteiger partial charge on any atom is -0.481 e. The molecule has 2 fully saturated rings. The van der Waals surface area contributed by atoms with Gasteiger partial charge in [-0.1, -0.05) is 12.1 Å². The number of ether oxygens (including phenoxy) is 1. The highest BCUT2D eigenvalue weighted by molar-refractivity contribution is 5.81. The number of amides is 1. The molecule has 6 nitrogen and oxygen atoms in total. The summed E-state index contributed by atoms with van der Waals surface area (Å²) in [7, 11) is 0. The Labute approximate surface area is 140 Å². The van der Waals surface area contributed by atoms with Gasteiger partial charge >= 0.3 is 5.97 Å². The zero-order valence-corrected chi connectivity index (χ0v) is 13.4. The van der Waals surface area contributed by atoms with Gasteiger partial charge < -0.3 is 14.7 Å². The Morgan fingerprint density at radius 1 is 1.33 bits per heavy atom. The van der Waals surface area contributed by atoms with Crippen LogP contribution in [0.5, 0.6) is 0 Å². The van der Waals surface area contributed by atoms with E-state index in [2.05, 4.69) is 6.07 Å². The summed E-state index contributed by atoms with van der Waals surface area (Å²) in [5.74, 6) is -1.57. The zero-order chi connectivity index (χ0) is 17.1. The maximum Gasteiger partial charge on any atom is 0.308 e. The number of nitrogens with zero attached hydrogens (tertiary/aromatic N) is 2. The second-order valence-corrected chi connectivity index (χ2v) is 6.34. The van der Waals surface area contributed by atoms with Crippen LogP contribution in [0.2, 0.25) is 0 Å². The highest BCUT2D eigenvalue weighted by Crippen LogP contribution is 2.37. The van der Waals surface area contributed by atoms with Gasteiger partial charge in [-0.3, -0.25) is 9.59 Å². The number of piperidine rings is 1. The molecule has 0 spiro atoms. The molecule has 2 heterocycles. The number of carboxylic acids is 1. The highest BCUT2D eigenvalue weighted by atomic mass is 16.5. The van der Waals surface area contributed by atoms with Crippen molar-refractivity contribution in [2.24, 2.45) is 5.92 Å². The molecule has 126 valence electrons. The monoisotopic (exact) mass is 328 g/mol. The number of nitriles is 1. The summed E-state index contributed by atoms with van der Waals surface area (Å²) >= 11 is 0. The Kier molecular flexibility index (Phi) is 4.81. The predicted octanol–water partition coefficient (Wildman–Crippen LogP) is 2.10. The molecular weight excluding hydrogens is 308 g/mol. The minimum atomic E-state index is -0.894. The van der Waals surface area contributed by atoms with Crippen LogP contribution >= 0.6 is 0 Å². The zero-order valence-electron chi connectivity index (χ0n) is 13.4. The molecule has 1 aromatic carbocycles. The number of carbonyl (C=O) groups excluding carboxylic acids is 1. The number of carboxylic acid groups (broad SMARTS) is 1. The normalized spacial score (nSPS) is 27.0. The SMILES string of the molecule is N#Cc1ccc([C@@H]2[C@@H](C(=O)O)CCC(=O)N2C[C@@H]2CCCO2)cc1. The van der Waals surface area contributed by atoms with E-state index in [1.807, 2.05) is 0 Å². The molecule has 1 N–H and O–H groups in total. The number of aliphatic carboxylic acids is 1. The lowest BCUT2D eigenvalue weighted by Crippen LogP contribution is -2.48. The average Bonchev–Trinajstić information content (AvgIpc) is 3.09. The summed E-state index contributed by atoms with van der Waals surface area (Å²) in [6, 6.07) is 8.37. The van der Waals surface area contributed by atoms with E-state index in [4.69, 9.17) is 10.00 Å². The number of rotatable bonds is 4. The van der Waals surface area contributed by atoms with Gasteiger partial charge in [-0.2, -0.15) is 5.26 Å². The van der Waals surface area contributed by atoms with E-state index in [-0.39, 0.29) is 18.4 Å². The fourth-order valence-electron chi connectivity index (χ4n) is 3.60. The third kappa shape index (κ3) is 3.26. The summed E-state index contributed by atoms with van der Waals surface area (Å²) in [6.45, 7) is 1.11. The third-order valence-electron chi connectivity index (χ3n) is 4.83. The standard InChI is InChI=1S/C18H20N2O4/c19-10-12-3-5-13(6-4-12)17-15(18(22)23)7-8-16(21)20(17)11-14-2-1-9-24-14/h3-6,14-15,17H,1-2,7-9,11H2,(H,22,23)/t14-,15-,17+/m0/s1. The lowest BCUT2D eigenvalue weighted by Gasteiger charge is -2.40. The van der Waals surface area contributed by atoms with Crippen molar-refractivity contribution in [3.63, 3.8) is 0 Å². The van der Waals surface area contributed by atoms with Gasteiger partial charge in [0.05, 0.1) is 29.7 Å². The first-order valence-electron chi connectivity index (χ1n) is 8.24. The number of hydrogen-bond acceptors (Lipinski definition) is 4. The molecule has 3 rings (SSSR count). The van der Waals surface area contributed by atoms with Crippen LogP contribution in [0.3, 0.4) is 0 Å². The first-order valence-corrected chi connectivity index (χ1v) is 8.24. The summed E-state index contributed by atoms with van der Waals surface area (Å²) in [5, 5.41) is 18.6. The fraction of sp³-hybridized carbons (Fsp3) is 0.500. The molecule has 0 aromatic heterocycles. The lowest BCUT2D eigenvalue weighted by molar-refractivity contribution is -0.153. The Balaban J connectivity index is 1.92. The van der Waals surface area contributed by atoms with Gasteiger partial charge in [0.15, 0.2) is 0 Å². The molecule has 0 saturated carbocycles. The van der Waals surface area contributed by atoms with Crippen LogP contribution in [0.15, 0.2) is 24.3 Å². The van der Waals surface area contributed by atoms with Crippen LogP contribution in [0.25, 0.3) is 0 Å². The number of likely N-dealkylation sites (tertiary alicyclic amines) is 1. The minimum absolute atomic E-state index is 0.0256. The highest BCUT2D eigenvalue weighted by Gasteiger charge is 2.41. The predicted molar refractivity (Wildman–Crippen MR) is 84.9 cm³/mol. The van der Waals surface area contributed by atoms with Crippen molar-refractivity contribution in [3.8, 4) is 6.07 Å². The molecule has 2 saturated heterocycles. The second-order valence-electron chi connectivity index (χ2n) is 6.34. The van der Waals surface area contributed by atoms with Crippen LogP contribution in [-0.2, 0) is 14.3 Å². The third-order valence-corrected chi connectivity index (χ3v) is 4.83. The van der Waals surface area contributed by atoms with E-state index in [0.717, 1.165) is 18.4 Å². The smallest absolute Gasteiger partial charge is 0.308 e. The molecule has 0 aliphatic carbocycles. The topological polar surface area (TPSA) is 90.6 Å². The van der Waals surface area contributed by atoms with E-state index in [1.54, 1.807) is 29.2 Å². The summed E-state index contributed by atoms with van der Waals surface area (Å²) in [5.41, 5.74) is 1.27. The van der Waals surface area contributed by atoms with E-state index < -0.39 is 17.9 Å². The number of hydrogen-bond donors (Lipinski definition) is 1. The van der Waals surface area contributed by atoms with Gasteiger partial charge in [-0.25, -0.2) is 0 Å². The Hall–Kier alpha value is -2.39. The number of benzene rings is 1. The van der Waals surface area contributed by atoms with Crippen molar-refractivity contribution in [3.05, 3.63) is 35.4 Å². The van der Waals surface area contributed by atoms with Crippen LogP contribution in [-0.4, -0.2) is 41.1 Å². The molecule has 1 aromatic rings. The lowest BCUT2D eigenvalue weighted by atomic mass is 9.84. The molecule has 0 bridgehead atoms. The maximum atomic E-state index is 12.5. The van der Waals surface area contributed by atoms with Gasteiger partial charge in [-0.15, -0.1) is 0 Å². The quantitative estimate of drug-likeness (QED) is 0.914. The average molecular weight is 328 g/mol. The van der Waals surface area contributed by atoms with E-state index in [0.29, 0.717) is 25.1 Å². The van der Waals surface area contributed by atoms with Crippen LogP contribution in [0.4, 0.5) is 0 Å². The van der Waals surface area contributed by atoms with Gasteiger partial charge in [0.25, 0.3) is 0 Å². The van der Waals surface area contributed by atoms with Crippen molar-refractivity contribution in [2.45, 2.75) is 37.8 Å². The second kappa shape index (κ2) is 7.02. The van der Waals surface area contributed by atoms with Crippen molar-refractivity contribution in [2.75, 3.05) is 13.2 Å². The van der Waals surface area contributed by atoms with Crippen molar-refractivity contribution < 1.29 is 19.4 Å². The van der Waals surface area contributed by atoms with Gasteiger partial charge in [0.2, 0.25) is 5.91 Å². The van der Waals surface area contributed by atoms with Crippen LogP contribution in [0.1, 0.15) is 42.9 Å². The fourth-order valence-corrected chi connectivity index (χ4v) is 3.60. The van der Waals surface area contributed by atoms with Gasteiger partial charge in [0.1, 0.15) is 0 Å². The summed E-state index contributed by atoms with van der Waals surface area (Å²) in [6.07, 6.45) is 2.41. The molecule has 2 aliphatic heterocycles. The summed E-state index contributed by atoms with van der Waals surface area (Å²) < 4.78 is 5.64. The molecule has 0 radical (unpaired) electrons. The first kappa shape index (κ1) is 16.5. The van der Waals surface area contributed by atoms with E-state index in [1.165, 1.54) is 0 Å². The molecular formula is C18H20N2O4. The van der Waals surface area contributed by atoms with Crippen LogP contribution in [0, 0.1) is 17.2 Å². The van der Waals surface area contributed by atoms with Crippen LogP contribution < -0.4 is 0 Å². The Bertz CT molecular complexity index is 659. The summed E-state index contributed by atoms with van der Waals surface area (Å²) in [4.78, 5) is 25.9. The molecule has 24 heavy (non-hydrogen) atoms. The number of carbonyl (C=O) groups is 2. The van der Waals surface area contributed by atoms with Gasteiger partial charge in [0, 0.05) is 19.6 Å². The van der Waals surface area contributed by atoms with Crippen molar-refractivity contribution >= 4 is 11.9 Å². The molecule has 2 aliphatic rings. The first-order chi connectivity index (χ1) is 11.6. The molecule has 3 atom stereocenters. The van der Waals surface area contributed by atoms with Crippen molar-refractivity contribution in [1.82, 2.24) is 4.90 Å². The van der Waals surface area contributed by atoms with Crippen molar-refractivity contribution in [1.29, 1.82) is 5.26 Å². The molecule has 1 amide bonds. The Morgan fingerprint density at radius 2 is 2.08 bits per heavy atom. The largest absolute Gasteiger partial charge is 0.481 e. The molecule has 6 heteroatoms. The van der Waals surface area contributed by atoms with E-state index >= 15 is 0 Å². The Morgan fingerprint density at radius 3 is 2.67 bits per heavy atom. The molecule has 0 unspecified atom stereocenters. The van der Waals surface area contributed by atoms with Gasteiger partial charge in [-0.05, 0) is 37.0 Å². The maximum absolute atomic E-state index is 12.5. The van der Waals surface area contributed by atoms with E-state index in [9.17, 15) is 14.7 Å².